The fraction of sp³-hybridized carbons (Fsp3) is 0.111. The number of aromatic nitrogens is 1. The third kappa shape index (κ3) is 2.29. The van der Waals surface area contributed by atoms with Gasteiger partial charge in [0.15, 0.2) is 0 Å². The Hall–Kier alpha value is -3.52. The minimum atomic E-state index is -0.163. The van der Waals surface area contributed by atoms with Crippen molar-refractivity contribution in [1.82, 2.24) is 4.98 Å². The van der Waals surface area contributed by atoms with Gasteiger partial charge in [0.1, 0.15) is 0 Å². The van der Waals surface area contributed by atoms with E-state index in [-0.39, 0.29) is 11.5 Å². The first-order valence-corrected chi connectivity index (χ1v) is 10.2. The van der Waals surface area contributed by atoms with Gasteiger partial charge in [0, 0.05) is 32.9 Å². The van der Waals surface area contributed by atoms with Crippen molar-refractivity contribution in [3.63, 3.8) is 0 Å². The van der Waals surface area contributed by atoms with Crippen LogP contribution < -0.4 is 5.32 Å². The van der Waals surface area contributed by atoms with Gasteiger partial charge in [0.05, 0.1) is 6.04 Å². The van der Waals surface area contributed by atoms with Crippen molar-refractivity contribution < 1.29 is 0 Å². The van der Waals surface area contributed by atoms with Crippen LogP contribution in [-0.2, 0) is 5.41 Å². The molecule has 2 N–H and O–H groups in total. The van der Waals surface area contributed by atoms with Gasteiger partial charge in [-0.15, -0.1) is 0 Å². The molecule has 0 bridgehead atoms. The van der Waals surface area contributed by atoms with E-state index in [4.69, 9.17) is 0 Å². The first-order chi connectivity index (χ1) is 14.2. The highest BCUT2D eigenvalue weighted by molar-refractivity contribution is 6.09. The van der Waals surface area contributed by atoms with Gasteiger partial charge in [-0.3, -0.25) is 0 Å². The van der Waals surface area contributed by atoms with Crippen LogP contribution in [0.2, 0.25) is 0 Å². The Morgan fingerprint density at radius 2 is 1.38 bits per heavy atom. The summed E-state index contributed by atoms with van der Waals surface area (Å²) >= 11 is 0. The molecule has 1 aromatic heterocycles. The third-order valence-corrected chi connectivity index (χ3v) is 6.59. The minimum Gasteiger partial charge on any atom is -0.377 e. The SMILES string of the molecule is CC1(c2ccccc2)c2cc3[nH]c4ccccc4c3cc2NC1c1ccccc1. The van der Waals surface area contributed by atoms with Crippen LogP contribution in [0, 0.1) is 0 Å². The zero-order valence-corrected chi connectivity index (χ0v) is 16.3. The van der Waals surface area contributed by atoms with Crippen LogP contribution in [0.3, 0.4) is 0 Å². The molecule has 0 saturated carbocycles. The maximum Gasteiger partial charge on any atom is 0.0649 e. The molecule has 0 radical (unpaired) electrons. The summed E-state index contributed by atoms with van der Waals surface area (Å²) in [7, 11) is 0. The molecule has 2 unspecified atom stereocenters. The fourth-order valence-corrected chi connectivity index (χ4v) is 5.07. The number of benzene rings is 4. The van der Waals surface area contributed by atoms with E-state index in [9.17, 15) is 0 Å². The van der Waals surface area contributed by atoms with Crippen LogP contribution in [0.15, 0.2) is 97.1 Å². The molecule has 2 nitrogen and oxygen atoms in total. The Kier molecular flexibility index (Phi) is 3.39. The van der Waals surface area contributed by atoms with Crippen LogP contribution in [-0.4, -0.2) is 4.98 Å². The summed E-state index contributed by atoms with van der Waals surface area (Å²) in [5.41, 5.74) is 7.43. The molecule has 0 saturated heterocycles. The van der Waals surface area contributed by atoms with Crippen molar-refractivity contribution >= 4 is 27.5 Å². The highest BCUT2D eigenvalue weighted by Gasteiger charge is 2.45. The largest absolute Gasteiger partial charge is 0.377 e. The first-order valence-electron chi connectivity index (χ1n) is 10.2. The first kappa shape index (κ1) is 16.4. The summed E-state index contributed by atoms with van der Waals surface area (Å²) in [6.45, 7) is 2.37. The fourth-order valence-electron chi connectivity index (χ4n) is 5.07. The Morgan fingerprint density at radius 1 is 0.690 bits per heavy atom. The number of rotatable bonds is 2. The summed E-state index contributed by atoms with van der Waals surface area (Å²) < 4.78 is 0. The topological polar surface area (TPSA) is 27.8 Å². The van der Waals surface area contributed by atoms with Crippen molar-refractivity contribution in [2.24, 2.45) is 0 Å². The average Bonchev–Trinajstić information content (AvgIpc) is 3.29. The lowest BCUT2D eigenvalue weighted by atomic mass is 9.71. The third-order valence-electron chi connectivity index (χ3n) is 6.59. The number of aromatic amines is 1. The van der Waals surface area contributed by atoms with Crippen molar-refractivity contribution in [3.05, 3.63) is 114 Å². The average molecular weight is 374 g/mol. The Morgan fingerprint density at radius 3 is 2.17 bits per heavy atom. The Bertz CT molecular complexity index is 1330. The summed E-state index contributed by atoms with van der Waals surface area (Å²) in [6, 6.07) is 35.1. The number of anilines is 1. The predicted molar refractivity (Wildman–Crippen MR) is 122 cm³/mol. The van der Waals surface area contributed by atoms with Crippen LogP contribution >= 0.6 is 0 Å². The summed E-state index contributed by atoms with van der Waals surface area (Å²) in [6.07, 6.45) is 0. The quantitative estimate of drug-likeness (QED) is 0.350. The lowest BCUT2D eigenvalue weighted by Gasteiger charge is -2.33. The molecule has 29 heavy (non-hydrogen) atoms. The van der Waals surface area contributed by atoms with E-state index in [2.05, 4.69) is 114 Å². The van der Waals surface area contributed by atoms with Crippen molar-refractivity contribution in [3.8, 4) is 0 Å². The highest BCUT2D eigenvalue weighted by Crippen LogP contribution is 2.53. The van der Waals surface area contributed by atoms with Gasteiger partial charge in [0.2, 0.25) is 0 Å². The molecule has 0 spiro atoms. The van der Waals surface area contributed by atoms with E-state index in [0.29, 0.717) is 0 Å². The monoisotopic (exact) mass is 374 g/mol. The number of nitrogens with one attached hydrogen (secondary N) is 2. The van der Waals surface area contributed by atoms with Gasteiger partial charge in [-0.05, 0) is 41.8 Å². The van der Waals surface area contributed by atoms with Crippen molar-refractivity contribution in [2.45, 2.75) is 18.4 Å². The summed E-state index contributed by atoms with van der Waals surface area (Å²) in [4.78, 5) is 3.62. The standard InChI is InChI=1S/C27H22N2/c1-27(19-12-6-3-7-13-19)22-17-24-21(20-14-8-9-15-23(20)28-24)16-25(22)29-26(27)18-10-4-2-5-11-18/h2-17,26,28-29H,1H3. The van der Waals surface area contributed by atoms with Crippen LogP contribution in [0.25, 0.3) is 21.8 Å². The molecular weight excluding hydrogens is 352 g/mol. The number of fused-ring (bicyclic) bond motifs is 4. The molecule has 2 atom stereocenters. The molecule has 2 heterocycles. The summed E-state index contributed by atoms with van der Waals surface area (Å²) in [5.74, 6) is 0. The van der Waals surface area contributed by atoms with E-state index in [1.807, 2.05) is 0 Å². The number of hydrogen-bond acceptors (Lipinski definition) is 1. The van der Waals surface area contributed by atoms with E-state index in [0.717, 1.165) is 0 Å². The molecule has 2 heteroatoms. The highest BCUT2D eigenvalue weighted by atomic mass is 15.0. The second kappa shape index (κ2) is 5.99. The predicted octanol–water partition coefficient (Wildman–Crippen LogP) is 6.79. The zero-order valence-electron chi connectivity index (χ0n) is 16.3. The lowest BCUT2D eigenvalue weighted by molar-refractivity contribution is 0.514. The minimum absolute atomic E-state index is 0.163. The van der Waals surface area contributed by atoms with Crippen molar-refractivity contribution in [2.75, 3.05) is 5.32 Å². The maximum absolute atomic E-state index is 3.87. The van der Waals surface area contributed by atoms with Gasteiger partial charge in [-0.1, -0.05) is 78.9 Å². The van der Waals surface area contributed by atoms with E-state index in [1.165, 1.54) is 44.2 Å². The second-order valence-corrected chi connectivity index (χ2v) is 8.17. The van der Waals surface area contributed by atoms with Gasteiger partial charge in [-0.2, -0.15) is 0 Å². The second-order valence-electron chi connectivity index (χ2n) is 8.17. The van der Waals surface area contributed by atoms with Crippen LogP contribution in [0.1, 0.15) is 29.7 Å². The molecule has 0 fully saturated rings. The molecule has 1 aliphatic rings. The number of para-hydroxylation sites is 1. The van der Waals surface area contributed by atoms with Crippen molar-refractivity contribution in [1.29, 1.82) is 0 Å². The molecule has 0 aliphatic carbocycles. The van der Waals surface area contributed by atoms with Gasteiger partial charge >= 0.3 is 0 Å². The molecule has 4 aromatic carbocycles. The molecule has 5 aromatic rings. The zero-order chi connectivity index (χ0) is 19.4. The lowest BCUT2D eigenvalue weighted by Crippen LogP contribution is -2.30. The van der Waals surface area contributed by atoms with E-state index < -0.39 is 0 Å². The molecule has 1 aliphatic heterocycles. The normalized spacial score (nSPS) is 20.7. The van der Waals surface area contributed by atoms with E-state index >= 15 is 0 Å². The number of H-pyrrole nitrogens is 1. The Balaban J connectivity index is 1.64. The Labute approximate surface area is 170 Å². The van der Waals surface area contributed by atoms with Gasteiger partial charge < -0.3 is 10.3 Å². The van der Waals surface area contributed by atoms with Gasteiger partial charge in [-0.25, -0.2) is 0 Å². The molecular formula is C27H22N2. The molecule has 0 amide bonds. The summed E-state index contributed by atoms with van der Waals surface area (Å²) in [5, 5.41) is 6.42. The van der Waals surface area contributed by atoms with Gasteiger partial charge in [0.25, 0.3) is 0 Å². The smallest absolute Gasteiger partial charge is 0.0649 e. The van der Waals surface area contributed by atoms with E-state index in [1.54, 1.807) is 0 Å². The molecule has 140 valence electrons. The van der Waals surface area contributed by atoms with Crippen LogP contribution in [0.4, 0.5) is 5.69 Å². The van der Waals surface area contributed by atoms with Crippen LogP contribution in [0.5, 0.6) is 0 Å². The number of hydrogen-bond donors (Lipinski definition) is 2. The maximum atomic E-state index is 3.87. The molecule has 6 rings (SSSR count).